The molecule has 1 amide bonds. The van der Waals surface area contributed by atoms with Gasteiger partial charge in [0, 0.05) is 29.2 Å². The zero-order chi connectivity index (χ0) is 21.0. The lowest BCUT2D eigenvalue weighted by molar-refractivity contribution is -0.384. The van der Waals surface area contributed by atoms with Gasteiger partial charge in [0.2, 0.25) is 5.91 Å². The van der Waals surface area contributed by atoms with Gasteiger partial charge in [-0.15, -0.1) is 11.3 Å². The molecular weight excluding hydrogens is 386 g/mol. The number of non-ortho nitro benzene ring substituents is 1. The number of rotatable bonds is 5. The first-order valence-corrected chi connectivity index (χ1v) is 9.90. The maximum absolute atomic E-state index is 12.1. The molecule has 0 atom stereocenters. The molecule has 0 aliphatic heterocycles. The van der Waals surface area contributed by atoms with Crippen molar-refractivity contribution in [3.05, 3.63) is 81.2 Å². The molecule has 0 unspecified atom stereocenters. The number of amides is 1. The van der Waals surface area contributed by atoms with Crippen LogP contribution in [0.2, 0.25) is 0 Å². The fourth-order valence-corrected chi connectivity index (χ4v) is 3.35. The lowest BCUT2D eigenvalue weighted by Gasteiger charge is -2.18. The van der Waals surface area contributed by atoms with Gasteiger partial charge >= 0.3 is 0 Å². The molecule has 2 aromatic carbocycles. The summed E-state index contributed by atoms with van der Waals surface area (Å²) < 4.78 is 0. The zero-order valence-corrected chi connectivity index (χ0v) is 17.2. The molecule has 0 saturated carbocycles. The van der Waals surface area contributed by atoms with E-state index in [4.69, 9.17) is 0 Å². The first-order chi connectivity index (χ1) is 13.7. The molecule has 3 aromatic rings. The van der Waals surface area contributed by atoms with Crippen molar-refractivity contribution >= 4 is 34.1 Å². The molecule has 0 bridgehead atoms. The minimum absolute atomic E-state index is 0.0115. The summed E-state index contributed by atoms with van der Waals surface area (Å²) in [6.45, 7) is 6.51. The highest BCUT2D eigenvalue weighted by Gasteiger charge is 2.14. The molecule has 1 heterocycles. The van der Waals surface area contributed by atoms with Gasteiger partial charge < -0.3 is 0 Å². The van der Waals surface area contributed by atoms with Gasteiger partial charge in [-0.25, -0.2) is 4.98 Å². The molecule has 0 spiro atoms. The maximum atomic E-state index is 12.1. The van der Waals surface area contributed by atoms with Crippen molar-refractivity contribution in [2.24, 2.45) is 0 Å². The Morgan fingerprint density at radius 1 is 1.10 bits per heavy atom. The SMILES string of the molecule is CC(C)(C)c1ccc(-c2csc(NC(=O)C=Cc3ccc([N+](=O)[O-])cc3)n2)cc1. The quantitative estimate of drug-likeness (QED) is 0.335. The number of thiazole rings is 1. The van der Waals surface area contributed by atoms with E-state index in [-0.39, 0.29) is 17.0 Å². The number of hydrogen-bond acceptors (Lipinski definition) is 5. The fourth-order valence-electron chi connectivity index (χ4n) is 2.63. The van der Waals surface area contributed by atoms with Crippen molar-refractivity contribution in [2.45, 2.75) is 26.2 Å². The maximum Gasteiger partial charge on any atom is 0.269 e. The molecule has 0 radical (unpaired) electrons. The van der Waals surface area contributed by atoms with Gasteiger partial charge in [-0.2, -0.15) is 0 Å². The molecule has 0 saturated heterocycles. The highest BCUT2D eigenvalue weighted by Crippen LogP contribution is 2.28. The Morgan fingerprint density at radius 3 is 2.34 bits per heavy atom. The molecule has 29 heavy (non-hydrogen) atoms. The van der Waals surface area contributed by atoms with Crippen LogP contribution in [0, 0.1) is 10.1 Å². The zero-order valence-electron chi connectivity index (χ0n) is 16.4. The second-order valence-corrected chi connectivity index (χ2v) is 8.39. The predicted octanol–water partition coefficient (Wildman–Crippen LogP) is 5.67. The van der Waals surface area contributed by atoms with Crippen LogP contribution in [0.15, 0.2) is 60.0 Å². The summed E-state index contributed by atoms with van der Waals surface area (Å²) in [6, 6.07) is 14.2. The Kier molecular flexibility index (Phi) is 5.89. The van der Waals surface area contributed by atoms with Crippen molar-refractivity contribution in [2.75, 3.05) is 5.32 Å². The first kappa shape index (κ1) is 20.4. The van der Waals surface area contributed by atoms with Gasteiger partial charge in [0.15, 0.2) is 5.13 Å². The second-order valence-electron chi connectivity index (χ2n) is 7.54. The molecule has 148 valence electrons. The van der Waals surface area contributed by atoms with E-state index in [9.17, 15) is 14.9 Å². The highest BCUT2D eigenvalue weighted by atomic mass is 32.1. The number of hydrogen-bond donors (Lipinski definition) is 1. The van der Waals surface area contributed by atoms with Crippen LogP contribution in [0.5, 0.6) is 0 Å². The second kappa shape index (κ2) is 8.36. The summed E-state index contributed by atoms with van der Waals surface area (Å²) in [6.07, 6.45) is 2.97. The van der Waals surface area contributed by atoms with E-state index in [0.717, 1.165) is 11.3 Å². The first-order valence-electron chi connectivity index (χ1n) is 9.02. The van der Waals surface area contributed by atoms with Gasteiger partial charge in [-0.1, -0.05) is 45.0 Å². The molecule has 7 heteroatoms. The van der Waals surface area contributed by atoms with Gasteiger partial charge in [-0.05, 0) is 34.8 Å². The predicted molar refractivity (Wildman–Crippen MR) is 117 cm³/mol. The lowest BCUT2D eigenvalue weighted by atomic mass is 9.86. The Bertz CT molecular complexity index is 1050. The lowest BCUT2D eigenvalue weighted by Crippen LogP contribution is -2.10. The molecule has 1 aromatic heterocycles. The summed E-state index contributed by atoms with van der Waals surface area (Å²) in [5.74, 6) is -0.313. The molecule has 6 nitrogen and oxygen atoms in total. The number of nitrogens with one attached hydrogen (secondary N) is 1. The van der Waals surface area contributed by atoms with E-state index in [1.807, 2.05) is 17.5 Å². The Labute approximate surface area is 173 Å². The highest BCUT2D eigenvalue weighted by molar-refractivity contribution is 7.14. The van der Waals surface area contributed by atoms with Crippen LogP contribution < -0.4 is 5.32 Å². The monoisotopic (exact) mass is 407 g/mol. The number of nitrogens with zero attached hydrogens (tertiary/aromatic N) is 2. The third kappa shape index (κ3) is 5.36. The number of aromatic nitrogens is 1. The summed E-state index contributed by atoms with van der Waals surface area (Å²) >= 11 is 1.36. The average Bonchev–Trinajstić information content (AvgIpc) is 3.14. The normalized spacial score (nSPS) is 11.6. The van der Waals surface area contributed by atoms with E-state index in [2.05, 4.69) is 43.2 Å². The van der Waals surface area contributed by atoms with E-state index in [1.54, 1.807) is 18.2 Å². The van der Waals surface area contributed by atoms with Gasteiger partial charge in [0.05, 0.1) is 10.6 Å². The van der Waals surface area contributed by atoms with Crippen LogP contribution in [0.1, 0.15) is 31.9 Å². The van der Waals surface area contributed by atoms with Crippen LogP contribution in [0.25, 0.3) is 17.3 Å². The van der Waals surface area contributed by atoms with Crippen LogP contribution in [0.3, 0.4) is 0 Å². The van der Waals surface area contributed by atoms with Crippen molar-refractivity contribution in [3.63, 3.8) is 0 Å². The Morgan fingerprint density at radius 2 is 1.76 bits per heavy atom. The van der Waals surface area contributed by atoms with Crippen LogP contribution in [-0.4, -0.2) is 15.8 Å². The molecule has 1 N–H and O–H groups in total. The smallest absolute Gasteiger partial charge is 0.269 e. The number of carbonyl (C=O) groups excluding carboxylic acids is 1. The average molecular weight is 407 g/mol. The van der Waals surface area contributed by atoms with E-state index in [1.165, 1.54) is 35.1 Å². The van der Waals surface area contributed by atoms with Crippen molar-refractivity contribution in [3.8, 4) is 11.3 Å². The molecular formula is C22H21N3O3S. The molecule has 0 aliphatic carbocycles. The summed E-state index contributed by atoms with van der Waals surface area (Å²) in [5, 5.41) is 15.8. The Balaban J connectivity index is 1.63. The third-order valence-corrected chi connectivity index (χ3v) is 5.07. The minimum atomic E-state index is -0.461. The van der Waals surface area contributed by atoms with Gasteiger partial charge in [-0.3, -0.25) is 20.2 Å². The Hall–Kier alpha value is -3.32. The van der Waals surface area contributed by atoms with Crippen molar-refractivity contribution in [1.29, 1.82) is 0 Å². The van der Waals surface area contributed by atoms with Crippen molar-refractivity contribution < 1.29 is 9.72 Å². The number of anilines is 1. The summed E-state index contributed by atoms with van der Waals surface area (Å²) in [4.78, 5) is 26.8. The number of nitro benzene ring substituents is 1. The number of carbonyl (C=O) groups is 1. The molecule has 0 fully saturated rings. The van der Waals surface area contributed by atoms with Crippen LogP contribution >= 0.6 is 11.3 Å². The van der Waals surface area contributed by atoms with Crippen LogP contribution in [-0.2, 0) is 10.2 Å². The number of nitro groups is 1. The van der Waals surface area contributed by atoms with E-state index in [0.29, 0.717) is 10.7 Å². The largest absolute Gasteiger partial charge is 0.298 e. The van der Waals surface area contributed by atoms with Gasteiger partial charge in [0.1, 0.15) is 0 Å². The van der Waals surface area contributed by atoms with Crippen molar-refractivity contribution in [1.82, 2.24) is 4.98 Å². The molecule has 3 rings (SSSR count). The van der Waals surface area contributed by atoms with E-state index < -0.39 is 4.92 Å². The minimum Gasteiger partial charge on any atom is -0.298 e. The van der Waals surface area contributed by atoms with E-state index >= 15 is 0 Å². The third-order valence-electron chi connectivity index (χ3n) is 4.31. The summed E-state index contributed by atoms with van der Waals surface area (Å²) in [7, 11) is 0. The standard InChI is InChI=1S/C22H21N3O3S/c1-22(2,3)17-9-7-16(8-10-17)19-14-29-21(23-19)24-20(26)13-6-15-4-11-18(12-5-15)25(27)28/h4-14H,1-3H3,(H,23,24,26). The summed E-state index contributed by atoms with van der Waals surface area (Å²) in [5.41, 5.74) is 3.86. The molecule has 0 aliphatic rings. The number of benzene rings is 2. The van der Waals surface area contributed by atoms with Gasteiger partial charge in [0.25, 0.3) is 5.69 Å². The fraction of sp³-hybridized carbons (Fsp3) is 0.182. The topological polar surface area (TPSA) is 85.1 Å². The van der Waals surface area contributed by atoms with Crippen LogP contribution in [0.4, 0.5) is 10.8 Å².